The highest BCUT2D eigenvalue weighted by Gasteiger charge is 2.41. The number of rotatable bonds is 1. The van der Waals surface area contributed by atoms with Gasteiger partial charge in [0.15, 0.2) is 6.20 Å². The molecule has 116 valence electrons. The van der Waals surface area contributed by atoms with Crippen LogP contribution in [0.2, 0.25) is 0 Å². The van der Waals surface area contributed by atoms with E-state index in [-0.39, 0.29) is 11.0 Å². The zero-order chi connectivity index (χ0) is 16.1. The van der Waals surface area contributed by atoms with E-state index in [2.05, 4.69) is 82.8 Å². The van der Waals surface area contributed by atoms with Crippen LogP contribution in [0.5, 0.6) is 5.75 Å². The fourth-order valence-corrected chi connectivity index (χ4v) is 3.89. The van der Waals surface area contributed by atoms with Crippen LogP contribution >= 0.6 is 0 Å². The van der Waals surface area contributed by atoms with Crippen molar-refractivity contribution in [2.75, 3.05) is 0 Å². The fourth-order valence-electron chi connectivity index (χ4n) is 3.89. The average molecular weight is 296 g/mol. The largest absolute Gasteiger partial charge is 0.487 e. The van der Waals surface area contributed by atoms with E-state index in [9.17, 15) is 0 Å². The summed E-state index contributed by atoms with van der Waals surface area (Å²) in [6.45, 7) is 11.2. The van der Waals surface area contributed by atoms with Gasteiger partial charge in [0.1, 0.15) is 18.4 Å². The molecular weight excluding hydrogens is 270 g/mol. The highest BCUT2D eigenvalue weighted by atomic mass is 16.5. The van der Waals surface area contributed by atoms with Crippen molar-refractivity contribution in [3.63, 3.8) is 0 Å². The van der Waals surface area contributed by atoms with Crippen LogP contribution in [0.3, 0.4) is 0 Å². The van der Waals surface area contributed by atoms with Crippen molar-refractivity contribution >= 4 is 0 Å². The summed E-state index contributed by atoms with van der Waals surface area (Å²) >= 11 is 0. The van der Waals surface area contributed by atoms with Gasteiger partial charge in [0.25, 0.3) is 0 Å². The van der Waals surface area contributed by atoms with E-state index in [1.54, 1.807) is 0 Å². The Morgan fingerprint density at radius 3 is 2.45 bits per heavy atom. The van der Waals surface area contributed by atoms with Crippen LogP contribution in [0.4, 0.5) is 0 Å². The lowest BCUT2D eigenvalue weighted by molar-refractivity contribution is -0.660. The molecule has 2 heteroatoms. The summed E-state index contributed by atoms with van der Waals surface area (Å²) in [5.41, 5.74) is 4.97. The molecule has 0 saturated heterocycles. The number of benzene rings is 1. The topological polar surface area (TPSA) is 13.1 Å². The minimum absolute atomic E-state index is 0.118. The number of hydrogen-bond acceptors (Lipinski definition) is 1. The maximum Gasteiger partial charge on any atom is 0.216 e. The van der Waals surface area contributed by atoms with E-state index in [1.165, 1.54) is 22.4 Å². The Hall–Kier alpha value is -1.83. The zero-order valence-corrected chi connectivity index (χ0v) is 14.5. The Morgan fingerprint density at radius 1 is 1.05 bits per heavy atom. The third kappa shape index (κ3) is 2.41. The van der Waals surface area contributed by atoms with Crippen LogP contribution in [-0.4, -0.2) is 5.60 Å². The van der Waals surface area contributed by atoms with Crippen molar-refractivity contribution in [2.45, 2.75) is 52.1 Å². The van der Waals surface area contributed by atoms with Crippen LogP contribution in [0, 0.1) is 6.92 Å². The predicted octanol–water partition coefficient (Wildman–Crippen LogP) is 4.33. The average Bonchev–Trinajstić information content (AvgIpc) is 2.37. The van der Waals surface area contributed by atoms with Gasteiger partial charge in [0, 0.05) is 17.7 Å². The lowest BCUT2D eigenvalue weighted by Gasteiger charge is -2.43. The monoisotopic (exact) mass is 296 g/mol. The molecular formula is C20H26NO+. The van der Waals surface area contributed by atoms with Gasteiger partial charge in [-0.1, -0.05) is 26.0 Å². The molecule has 0 atom stereocenters. The smallest absolute Gasteiger partial charge is 0.216 e. The Kier molecular flexibility index (Phi) is 3.32. The van der Waals surface area contributed by atoms with E-state index in [0.29, 0.717) is 0 Å². The van der Waals surface area contributed by atoms with Crippen LogP contribution < -0.4 is 9.30 Å². The summed E-state index contributed by atoms with van der Waals surface area (Å²) in [4.78, 5) is 0. The van der Waals surface area contributed by atoms with Gasteiger partial charge in [-0.05, 0) is 44.2 Å². The molecule has 22 heavy (non-hydrogen) atoms. The van der Waals surface area contributed by atoms with Gasteiger partial charge in [-0.2, -0.15) is 0 Å². The molecule has 0 aliphatic carbocycles. The molecule has 0 N–H and O–H groups in total. The van der Waals surface area contributed by atoms with Crippen LogP contribution in [-0.2, 0) is 12.5 Å². The number of fused-ring (bicyclic) bond motifs is 1. The quantitative estimate of drug-likeness (QED) is 0.714. The summed E-state index contributed by atoms with van der Waals surface area (Å²) in [5, 5.41) is 0. The summed E-state index contributed by atoms with van der Waals surface area (Å²) < 4.78 is 8.63. The Bertz CT molecular complexity index is 728. The zero-order valence-electron chi connectivity index (χ0n) is 14.5. The van der Waals surface area contributed by atoms with Gasteiger partial charge < -0.3 is 4.74 Å². The molecule has 0 radical (unpaired) electrons. The van der Waals surface area contributed by atoms with E-state index >= 15 is 0 Å². The van der Waals surface area contributed by atoms with Crippen LogP contribution in [0.15, 0.2) is 36.5 Å². The number of ether oxygens (including phenoxy) is 1. The van der Waals surface area contributed by atoms with Crippen molar-refractivity contribution in [1.82, 2.24) is 0 Å². The third-order valence-electron chi connectivity index (χ3n) is 4.65. The molecule has 1 aromatic carbocycles. The van der Waals surface area contributed by atoms with E-state index in [0.717, 1.165) is 12.2 Å². The molecule has 0 fully saturated rings. The number of aryl methyl sites for hydroxylation is 2. The first kappa shape index (κ1) is 15.1. The second kappa shape index (κ2) is 4.84. The van der Waals surface area contributed by atoms with E-state index < -0.39 is 0 Å². The lowest BCUT2D eigenvalue weighted by Crippen LogP contribution is -2.42. The molecule has 1 aromatic heterocycles. The molecule has 1 aliphatic heterocycles. The minimum Gasteiger partial charge on any atom is -0.487 e. The van der Waals surface area contributed by atoms with Crippen molar-refractivity contribution in [3.8, 4) is 17.0 Å². The number of nitrogens with zero attached hydrogens (tertiary/aromatic N) is 1. The number of pyridine rings is 1. The van der Waals surface area contributed by atoms with Gasteiger partial charge in [-0.3, -0.25) is 0 Å². The molecule has 0 unspecified atom stereocenters. The summed E-state index contributed by atoms with van der Waals surface area (Å²) in [7, 11) is 2.09. The number of aromatic nitrogens is 1. The second-order valence-corrected chi connectivity index (χ2v) is 7.75. The van der Waals surface area contributed by atoms with Crippen LogP contribution in [0.1, 0.15) is 45.2 Å². The van der Waals surface area contributed by atoms with Gasteiger partial charge in [0.2, 0.25) is 5.69 Å². The first-order chi connectivity index (χ1) is 10.2. The van der Waals surface area contributed by atoms with Crippen molar-refractivity contribution in [3.05, 3.63) is 47.7 Å². The molecule has 2 aromatic rings. The fraction of sp³-hybridized carbons (Fsp3) is 0.450. The normalized spacial score (nSPS) is 18.5. The SMILES string of the molecule is Cc1ccc2c(c1-c1cccc[n+]1C)OC(C)(C)CC2(C)C. The first-order valence-electron chi connectivity index (χ1n) is 7.99. The molecule has 3 rings (SSSR count). The second-order valence-electron chi connectivity index (χ2n) is 7.75. The Morgan fingerprint density at radius 2 is 1.77 bits per heavy atom. The molecule has 1 aliphatic rings. The van der Waals surface area contributed by atoms with Gasteiger partial charge in [-0.15, -0.1) is 0 Å². The predicted molar refractivity (Wildman–Crippen MR) is 90.1 cm³/mol. The summed E-state index contributed by atoms with van der Waals surface area (Å²) in [6, 6.07) is 10.8. The van der Waals surface area contributed by atoms with Gasteiger partial charge in [-0.25, -0.2) is 4.57 Å². The third-order valence-corrected chi connectivity index (χ3v) is 4.65. The Labute approximate surface area is 133 Å². The highest BCUT2D eigenvalue weighted by molar-refractivity contribution is 5.72. The molecule has 0 amide bonds. The lowest BCUT2D eigenvalue weighted by atomic mass is 9.72. The molecule has 0 spiro atoms. The molecule has 0 saturated carbocycles. The van der Waals surface area contributed by atoms with Crippen LogP contribution in [0.25, 0.3) is 11.3 Å². The summed E-state index contributed by atoms with van der Waals surface area (Å²) in [5.74, 6) is 1.06. The molecule has 2 heterocycles. The molecule has 0 bridgehead atoms. The Balaban J connectivity index is 2.32. The standard InChI is InChI=1S/C20H26NO/c1-14-10-11-15-18(22-20(4,5)13-19(15,2)3)17(14)16-9-7-8-12-21(16)6/h7-12H,13H2,1-6H3/q+1. The van der Waals surface area contributed by atoms with Crippen molar-refractivity contribution in [2.24, 2.45) is 7.05 Å². The van der Waals surface area contributed by atoms with Gasteiger partial charge in [0.05, 0.1) is 5.56 Å². The number of hydrogen-bond donors (Lipinski definition) is 0. The first-order valence-corrected chi connectivity index (χ1v) is 7.99. The minimum atomic E-state index is -0.146. The van der Waals surface area contributed by atoms with Crippen molar-refractivity contribution in [1.29, 1.82) is 0 Å². The van der Waals surface area contributed by atoms with E-state index in [1.807, 2.05) is 0 Å². The maximum absolute atomic E-state index is 6.46. The highest BCUT2D eigenvalue weighted by Crippen LogP contribution is 2.49. The van der Waals surface area contributed by atoms with E-state index in [4.69, 9.17) is 4.74 Å². The van der Waals surface area contributed by atoms with Gasteiger partial charge >= 0.3 is 0 Å². The molecule has 2 nitrogen and oxygen atoms in total. The van der Waals surface area contributed by atoms with Crippen molar-refractivity contribution < 1.29 is 9.30 Å². The summed E-state index contributed by atoms with van der Waals surface area (Å²) in [6.07, 6.45) is 3.11. The maximum atomic E-state index is 6.46.